The predicted molar refractivity (Wildman–Crippen MR) is 126 cm³/mol. The van der Waals surface area contributed by atoms with Gasteiger partial charge < -0.3 is 0 Å². The van der Waals surface area contributed by atoms with E-state index in [9.17, 15) is 4.79 Å². The Hall–Kier alpha value is -2.74. The van der Waals surface area contributed by atoms with Crippen LogP contribution in [0.4, 0.5) is 0 Å². The quantitative estimate of drug-likeness (QED) is 0.244. The van der Waals surface area contributed by atoms with Crippen molar-refractivity contribution >= 4 is 44.7 Å². The predicted octanol–water partition coefficient (Wildman–Crippen LogP) is 5.79. The topological polar surface area (TPSA) is 47.8 Å². The summed E-state index contributed by atoms with van der Waals surface area (Å²) in [6, 6.07) is 22.0. The monoisotopic (exact) mass is 447 g/mol. The minimum absolute atomic E-state index is 0.0215. The molecule has 0 N–H and O–H groups in total. The third-order valence-corrected chi connectivity index (χ3v) is 7.37. The Labute approximate surface area is 185 Å². The lowest BCUT2D eigenvalue weighted by molar-refractivity contribution is 0.821. The number of nitrogens with zero attached hydrogens (tertiary/aromatic N) is 3. The molecular formula is C23H17N3OS3. The van der Waals surface area contributed by atoms with E-state index in [0.29, 0.717) is 15.6 Å². The average molecular weight is 448 g/mol. The molecule has 30 heavy (non-hydrogen) atoms. The molecule has 5 aromatic rings. The minimum Gasteiger partial charge on any atom is -0.267 e. The normalized spacial score (nSPS) is 11.2. The molecule has 0 fully saturated rings. The smallest absolute Gasteiger partial charge is 0.267 e. The Morgan fingerprint density at radius 2 is 1.67 bits per heavy atom. The summed E-state index contributed by atoms with van der Waals surface area (Å²) in [7, 11) is 0. The second kappa shape index (κ2) is 8.55. The number of benzene rings is 2. The van der Waals surface area contributed by atoms with Crippen LogP contribution in [0.5, 0.6) is 0 Å². The van der Waals surface area contributed by atoms with Gasteiger partial charge in [0.15, 0.2) is 5.16 Å². The number of thiazole rings is 1. The van der Waals surface area contributed by atoms with Crippen LogP contribution in [0.15, 0.2) is 87.4 Å². The largest absolute Gasteiger partial charge is 0.276 e. The van der Waals surface area contributed by atoms with E-state index in [2.05, 4.69) is 29.6 Å². The average Bonchev–Trinajstić information content (AvgIpc) is 3.43. The highest BCUT2D eigenvalue weighted by Crippen LogP contribution is 2.27. The van der Waals surface area contributed by atoms with Crippen molar-refractivity contribution in [2.75, 3.05) is 0 Å². The standard InChI is InChI=1S/C23H17N3OS3/c27-22-21-19(11-12-28-21)25-23(26(22)18-9-5-2-6-10-18)30-15-17-14-29-20(24-17)13-16-7-3-1-4-8-16/h1-12,14H,13,15H2. The van der Waals surface area contributed by atoms with Crippen molar-refractivity contribution in [2.45, 2.75) is 17.3 Å². The van der Waals surface area contributed by atoms with Crippen LogP contribution in [-0.2, 0) is 12.2 Å². The van der Waals surface area contributed by atoms with Crippen LogP contribution in [0.25, 0.3) is 15.9 Å². The van der Waals surface area contributed by atoms with Gasteiger partial charge >= 0.3 is 0 Å². The molecule has 0 amide bonds. The molecule has 3 heterocycles. The van der Waals surface area contributed by atoms with Gasteiger partial charge in [-0.05, 0) is 29.1 Å². The van der Waals surface area contributed by atoms with Gasteiger partial charge in [-0.1, -0.05) is 60.3 Å². The summed E-state index contributed by atoms with van der Waals surface area (Å²) in [6.45, 7) is 0. The first kappa shape index (κ1) is 19.2. The van der Waals surface area contributed by atoms with Gasteiger partial charge in [0.05, 0.1) is 21.9 Å². The second-order valence-corrected chi connectivity index (χ2v) is 9.49. The molecule has 0 unspecified atom stereocenters. The second-order valence-electron chi connectivity index (χ2n) is 6.69. The van der Waals surface area contributed by atoms with Gasteiger partial charge in [-0.3, -0.25) is 9.36 Å². The maximum atomic E-state index is 13.1. The molecule has 148 valence electrons. The van der Waals surface area contributed by atoms with Crippen LogP contribution in [0.2, 0.25) is 0 Å². The van der Waals surface area contributed by atoms with E-state index in [-0.39, 0.29) is 5.56 Å². The number of hydrogen-bond donors (Lipinski definition) is 0. The maximum absolute atomic E-state index is 13.1. The van der Waals surface area contributed by atoms with Crippen molar-refractivity contribution in [3.8, 4) is 5.69 Å². The van der Waals surface area contributed by atoms with Gasteiger partial charge in [-0.15, -0.1) is 22.7 Å². The molecule has 5 rings (SSSR count). The summed E-state index contributed by atoms with van der Waals surface area (Å²) in [4.78, 5) is 22.7. The number of fused-ring (bicyclic) bond motifs is 1. The number of aromatic nitrogens is 3. The highest BCUT2D eigenvalue weighted by molar-refractivity contribution is 7.98. The van der Waals surface area contributed by atoms with Gasteiger partial charge in [0.2, 0.25) is 0 Å². The fraction of sp³-hybridized carbons (Fsp3) is 0.0870. The number of hydrogen-bond acceptors (Lipinski definition) is 6. The van der Waals surface area contributed by atoms with E-state index >= 15 is 0 Å². The van der Waals surface area contributed by atoms with Gasteiger partial charge in [0, 0.05) is 17.6 Å². The van der Waals surface area contributed by atoms with E-state index in [4.69, 9.17) is 9.97 Å². The van der Waals surface area contributed by atoms with E-state index in [0.717, 1.165) is 28.3 Å². The Morgan fingerprint density at radius 3 is 2.47 bits per heavy atom. The van der Waals surface area contributed by atoms with Gasteiger partial charge in [0.1, 0.15) is 4.70 Å². The highest BCUT2D eigenvalue weighted by Gasteiger charge is 2.15. The molecule has 0 aliphatic rings. The molecule has 0 aliphatic heterocycles. The number of para-hydroxylation sites is 1. The number of thioether (sulfide) groups is 1. The molecule has 7 heteroatoms. The summed E-state index contributed by atoms with van der Waals surface area (Å²) in [5, 5.41) is 5.80. The molecule has 0 atom stereocenters. The first-order chi connectivity index (χ1) is 14.8. The van der Waals surface area contributed by atoms with Crippen molar-refractivity contribution in [2.24, 2.45) is 0 Å². The van der Waals surface area contributed by atoms with Crippen LogP contribution < -0.4 is 5.56 Å². The SMILES string of the molecule is O=c1c2sccc2nc(SCc2csc(Cc3ccccc3)n2)n1-c1ccccc1. The molecule has 0 spiro atoms. The zero-order valence-corrected chi connectivity index (χ0v) is 18.3. The minimum atomic E-state index is -0.0215. The first-order valence-electron chi connectivity index (χ1n) is 9.43. The zero-order chi connectivity index (χ0) is 20.3. The highest BCUT2D eigenvalue weighted by atomic mass is 32.2. The van der Waals surface area contributed by atoms with E-state index in [1.807, 2.05) is 47.8 Å². The maximum Gasteiger partial charge on any atom is 0.276 e. The summed E-state index contributed by atoms with van der Waals surface area (Å²) >= 11 is 4.66. The van der Waals surface area contributed by atoms with Gasteiger partial charge in [0.25, 0.3) is 5.56 Å². The van der Waals surface area contributed by atoms with Gasteiger partial charge in [-0.2, -0.15) is 0 Å². The van der Waals surface area contributed by atoms with Crippen LogP contribution in [-0.4, -0.2) is 14.5 Å². The van der Waals surface area contributed by atoms with Crippen molar-refractivity contribution < 1.29 is 0 Å². The van der Waals surface area contributed by atoms with E-state index in [1.54, 1.807) is 27.7 Å². The molecule has 2 aromatic carbocycles. The summed E-state index contributed by atoms with van der Waals surface area (Å²) < 4.78 is 2.39. The number of rotatable bonds is 6. The third kappa shape index (κ3) is 3.96. The first-order valence-corrected chi connectivity index (χ1v) is 12.2. The van der Waals surface area contributed by atoms with E-state index in [1.165, 1.54) is 16.9 Å². The molecule has 0 radical (unpaired) electrons. The molecule has 0 saturated heterocycles. The summed E-state index contributed by atoms with van der Waals surface area (Å²) in [5.74, 6) is 0.667. The molecule has 0 saturated carbocycles. The van der Waals surface area contributed by atoms with Crippen LogP contribution in [0.1, 0.15) is 16.3 Å². The van der Waals surface area contributed by atoms with Crippen LogP contribution >= 0.6 is 34.4 Å². The molecule has 0 aliphatic carbocycles. The molecular weight excluding hydrogens is 430 g/mol. The Kier molecular flexibility index (Phi) is 5.48. The summed E-state index contributed by atoms with van der Waals surface area (Å²) in [5.41, 5.74) is 3.83. The van der Waals surface area contributed by atoms with Crippen molar-refractivity contribution in [3.63, 3.8) is 0 Å². The van der Waals surface area contributed by atoms with Gasteiger partial charge in [-0.25, -0.2) is 9.97 Å². The third-order valence-electron chi connectivity index (χ3n) is 4.61. The lowest BCUT2D eigenvalue weighted by Crippen LogP contribution is -2.20. The summed E-state index contributed by atoms with van der Waals surface area (Å²) in [6.07, 6.45) is 0.837. The zero-order valence-electron chi connectivity index (χ0n) is 15.9. The Bertz CT molecular complexity index is 1340. The lowest BCUT2D eigenvalue weighted by Gasteiger charge is -2.11. The van der Waals surface area contributed by atoms with Crippen molar-refractivity contribution in [3.05, 3.63) is 104 Å². The molecule has 3 aromatic heterocycles. The fourth-order valence-electron chi connectivity index (χ4n) is 3.20. The molecule has 4 nitrogen and oxygen atoms in total. The van der Waals surface area contributed by atoms with Crippen LogP contribution in [0, 0.1) is 0 Å². The van der Waals surface area contributed by atoms with Crippen molar-refractivity contribution in [1.82, 2.24) is 14.5 Å². The van der Waals surface area contributed by atoms with Crippen LogP contribution in [0.3, 0.4) is 0 Å². The fourth-order valence-corrected chi connectivity index (χ4v) is 5.80. The molecule has 0 bridgehead atoms. The Balaban J connectivity index is 1.43. The van der Waals surface area contributed by atoms with E-state index < -0.39 is 0 Å². The lowest BCUT2D eigenvalue weighted by atomic mass is 10.2. The Morgan fingerprint density at radius 1 is 0.900 bits per heavy atom. The van der Waals surface area contributed by atoms with Crippen molar-refractivity contribution in [1.29, 1.82) is 0 Å². The number of thiophene rings is 1.